The van der Waals surface area contributed by atoms with Gasteiger partial charge in [0.1, 0.15) is 0 Å². The second-order valence-electron chi connectivity index (χ2n) is 6.68. The number of thiazole rings is 1. The number of hydrogen-bond donors (Lipinski definition) is 0. The molecule has 2 aromatic heterocycles. The summed E-state index contributed by atoms with van der Waals surface area (Å²) in [4.78, 5) is 12.1. The zero-order chi connectivity index (χ0) is 16.4. The lowest BCUT2D eigenvalue weighted by atomic mass is 9.98. The molecule has 0 saturated carbocycles. The Bertz CT molecular complexity index is 793. The number of benzene rings is 1. The van der Waals surface area contributed by atoms with Crippen LogP contribution in [-0.4, -0.2) is 34.5 Å². The van der Waals surface area contributed by atoms with E-state index in [-0.39, 0.29) is 0 Å². The van der Waals surface area contributed by atoms with Crippen molar-refractivity contribution in [3.63, 3.8) is 0 Å². The predicted octanol–water partition coefficient (Wildman–Crippen LogP) is 4.42. The molecule has 1 aromatic carbocycles. The third kappa shape index (κ3) is 3.50. The van der Waals surface area contributed by atoms with Crippen LogP contribution >= 0.6 is 11.3 Å². The normalized spacial score (nSPS) is 19.0. The van der Waals surface area contributed by atoms with Gasteiger partial charge in [0.05, 0.1) is 15.2 Å². The van der Waals surface area contributed by atoms with Crippen molar-refractivity contribution in [2.75, 3.05) is 19.6 Å². The summed E-state index contributed by atoms with van der Waals surface area (Å²) < 4.78 is 1.31. The Kier molecular flexibility index (Phi) is 4.58. The minimum Gasteiger partial charge on any atom is -0.302 e. The predicted molar refractivity (Wildman–Crippen MR) is 101 cm³/mol. The van der Waals surface area contributed by atoms with E-state index in [9.17, 15) is 0 Å². The van der Waals surface area contributed by atoms with E-state index in [0.717, 1.165) is 30.7 Å². The van der Waals surface area contributed by atoms with E-state index >= 15 is 0 Å². The van der Waals surface area contributed by atoms with Crippen LogP contribution in [0.4, 0.5) is 0 Å². The number of aromatic nitrogens is 2. The first-order chi connectivity index (χ1) is 11.8. The quantitative estimate of drug-likeness (QED) is 0.705. The molecule has 124 valence electrons. The topological polar surface area (TPSA) is 29.0 Å². The highest BCUT2D eigenvalue weighted by Gasteiger charge is 2.23. The van der Waals surface area contributed by atoms with Crippen LogP contribution < -0.4 is 0 Å². The van der Waals surface area contributed by atoms with E-state index in [1.165, 1.54) is 34.8 Å². The Labute approximate surface area is 147 Å². The molecule has 3 nitrogen and oxygen atoms in total. The number of pyridine rings is 1. The first-order valence-corrected chi connectivity index (χ1v) is 9.60. The van der Waals surface area contributed by atoms with E-state index in [2.05, 4.69) is 59.3 Å². The highest BCUT2D eigenvalue weighted by molar-refractivity contribution is 7.18. The maximum atomic E-state index is 4.88. The molecule has 1 fully saturated rings. The molecule has 4 rings (SSSR count). The third-order valence-corrected chi connectivity index (χ3v) is 5.99. The Balaban J connectivity index is 1.41. The van der Waals surface area contributed by atoms with Crippen molar-refractivity contribution in [3.8, 4) is 0 Å². The van der Waals surface area contributed by atoms with Gasteiger partial charge in [-0.25, -0.2) is 4.98 Å². The minimum absolute atomic E-state index is 0.585. The molecule has 1 atom stereocenters. The van der Waals surface area contributed by atoms with E-state index in [1.807, 2.05) is 11.3 Å². The van der Waals surface area contributed by atoms with Crippen molar-refractivity contribution in [1.82, 2.24) is 14.9 Å². The van der Waals surface area contributed by atoms with Crippen LogP contribution in [0.15, 0.2) is 42.5 Å². The van der Waals surface area contributed by atoms with Crippen LogP contribution in [-0.2, 0) is 6.42 Å². The summed E-state index contributed by atoms with van der Waals surface area (Å²) in [6, 6.07) is 14.8. The highest BCUT2D eigenvalue weighted by Crippen LogP contribution is 2.32. The minimum atomic E-state index is 0.585. The number of para-hydroxylation sites is 1. The lowest BCUT2D eigenvalue weighted by Gasteiger charge is -2.31. The maximum absolute atomic E-state index is 4.88. The molecule has 3 aromatic rings. The fraction of sp³-hybridized carbons (Fsp3) is 0.400. The van der Waals surface area contributed by atoms with Crippen molar-refractivity contribution in [2.24, 2.45) is 0 Å². The highest BCUT2D eigenvalue weighted by atomic mass is 32.1. The van der Waals surface area contributed by atoms with Crippen molar-refractivity contribution in [2.45, 2.75) is 32.1 Å². The Morgan fingerprint density at radius 1 is 1.12 bits per heavy atom. The first kappa shape index (κ1) is 15.7. The fourth-order valence-corrected chi connectivity index (χ4v) is 4.63. The van der Waals surface area contributed by atoms with Crippen molar-refractivity contribution in [1.29, 1.82) is 0 Å². The van der Waals surface area contributed by atoms with Gasteiger partial charge in [-0.05, 0) is 50.6 Å². The van der Waals surface area contributed by atoms with Gasteiger partial charge in [-0.3, -0.25) is 4.98 Å². The summed E-state index contributed by atoms with van der Waals surface area (Å²) in [5, 5.41) is 1.31. The Morgan fingerprint density at radius 2 is 2.04 bits per heavy atom. The second-order valence-corrected chi connectivity index (χ2v) is 7.74. The van der Waals surface area contributed by atoms with Crippen molar-refractivity contribution < 1.29 is 0 Å². The van der Waals surface area contributed by atoms with E-state index in [1.54, 1.807) is 0 Å². The zero-order valence-electron chi connectivity index (χ0n) is 14.1. The van der Waals surface area contributed by atoms with Crippen LogP contribution in [0, 0.1) is 6.92 Å². The van der Waals surface area contributed by atoms with Crippen LogP contribution in [0.3, 0.4) is 0 Å². The lowest BCUT2D eigenvalue weighted by molar-refractivity contribution is 0.209. The molecule has 1 aliphatic rings. The number of nitrogens with zero attached hydrogens (tertiary/aromatic N) is 3. The molecule has 0 aliphatic carbocycles. The third-order valence-electron chi connectivity index (χ3n) is 4.80. The Hall–Kier alpha value is -1.78. The number of aryl methyl sites for hydroxylation is 1. The maximum Gasteiger partial charge on any atom is 0.0982 e. The number of likely N-dealkylation sites (tertiary alicyclic amines) is 1. The van der Waals surface area contributed by atoms with Gasteiger partial charge in [-0.1, -0.05) is 18.2 Å². The number of fused-ring (bicyclic) bond motifs is 1. The largest absolute Gasteiger partial charge is 0.302 e. The Morgan fingerprint density at radius 3 is 2.92 bits per heavy atom. The first-order valence-electron chi connectivity index (χ1n) is 8.78. The monoisotopic (exact) mass is 337 g/mol. The van der Waals surface area contributed by atoms with Crippen LogP contribution in [0.5, 0.6) is 0 Å². The number of piperidine rings is 1. The van der Waals surface area contributed by atoms with Crippen LogP contribution in [0.1, 0.15) is 35.2 Å². The molecule has 0 bridgehead atoms. The molecule has 4 heteroatoms. The molecular formula is C20H23N3S. The lowest BCUT2D eigenvalue weighted by Crippen LogP contribution is -2.35. The van der Waals surface area contributed by atoms with Gasteiger partial charge < -0.3 is 4.90 Å². The fourth-order valence-electron chi connectivity index (χ4n) is 3.54. The van der Waals surface area contributed by atoms with Crippen molar-refractivity contribution in [3.05, 3.63) is 58.9 Å². The molecule has 24 heavy (non-hydrogen) atoms. The molecule has 0 amide bonds. The average Bonchev–Trinajstić information content (AvgIpc) is 3.05. The van der Waals surface area contributed by atoms with Gasteiger partial charge in [0.25, 0.3) is 0 Å². The molecule has 1 saturated heterocycles. The smallest absolute Gasteiger partial charge is 0.0982 e. The molecular weight excluding hydrogens is 314 g/mol. The molecule has 0 radical (unpaired) electrons. The second kappa shape index (κ2) is 6.99. The average molecular weight is 337 g/mol. The van der Waals surface area contributed by atoms with Gasteiger partial charge in [0.2, 0.25) is 0 Å². The summed E-state index contributed by atoms with van der Waals surface area (Å²) in [5.74, 6) is 0.585. The summed E-state index contributed by atoms with van der Waals surface area (Å²) in [7, 11) is 0. The van der Waals surface area contributed by atoms with Gasteiger partial charge in [-0.15, -0.1) is 11.3 Å². The van der Waals surface area contributed by atoms with Gasteiger partial charge in [0.15, 0.2) is 0 Å². The van der Waals surface area contributed by atoms with E-state index in [0.29, 0.717) is 5.92 Å². The van der Waals surface area contributed by atoms with Gasteiger partial charge >= 0.3 is 0 Å². The number of rotatable bonds is 4. The summed E-state index contributed by atoms with van der Waals surface area (Å²) in [6.45, 7) is 5.49. The van der Waals surface area contributed by atoms with Crippen molar-refractivity contribution >= 4 is 21.6 Å². The van der Waals surface area contributed by atoms with Gasteiger partial charge in [-0.2, -0.15) is 0 Å². The van der Waals surface area contributed by atoms with E-state index < -0.39 is 0 Å². The summed E-state index contributed by atoms with van der Waals surface area (Å²) in [6.07, 6.45) is 3.56. The number of hydrogen-bond acceptors (Lipinski definition) is 4. The summed E-state index contributed by atoms with van der Waals surface area (Å²) in [5.41, 5.74) is 3.47. The molecule has 0 N–H and O–H groups in total. The molecule has 0 spiro atoms. The zero-order valence-corrected chi connectivity index (χ0v) is 14.9. The van der Waals surface area contributed by atoms with E-state index in [4.69, 9.17) is 4.98 Å². The van der Waals surface area contributed by atoms with Crippen LogP contribution in [0.25, 0.3) is 10.2 Å². The van der Waals surface area contributed by atoms with Gasteiger partial charge in [0, 0.05) is 36.8 Å². The molecule has 3 heterocycles. The molecule has 1 unspecified atom stereocenters. The van der Waals surface area contributed by atoms with Crippen LogP contribution in [0.2, 0.25) is 0 Å². The standard InChI is InChI=1S/C20H23N3S/c1-15-6-4-8-17(21-15)11-13-23-12-5-7-16(14-23)20-22-18-9-2-3-10-19(18)24-20/h2-4,6,8-10,16H,5,7,11-14H2,1H3. The summed E-state index contributed by atoms with van der Waals surface area (Å²) >= 11 is 1.87. The molecule has 1 aliphatic heterocycles. The SMILES string of the molecule is Cc1cccc(CCN2CCCC(c3nc4ccccc4s3)C2)n1.